The number of nitrogens with one attached hydrogen (secondary N) is 2. The summed E-state index contributed by atoms with van der Waals surface area (Å²) < 4.78 is 5.31. The lowest BCUT2D eigenvalue weighted by molar-refractivity contribution is 0.102. The lowest BCUT2D eigenvalue weighted by atomic mass is 10.3. The first-order valence-electron chi connectivity index (χ1n) is 6.66. The smallest absolute Gasteiger partial charge is 0.272 e. The van der Waals surface area contributed by atoms with E-state index in [0.717, 1.165) is 18.9 Å². The number of aromatic nitrogens is 2. The van der Waals surface area contributed by atoms with Gasteiger partial charge in [-0.1, -0.05) is 11.6 Å². The van der Waals surface area contributed by atoms with Gasteiger partial charge in [-0.15, -0.1) is 0 Å². The Balaban J connectivity index is 1.65. The highest BCUT2D eigenvalue weighted by Crippen LogP contribution is 2.16. The second-order valence-electron chi connectivity index (χ2n) is 4.69. The lowest BCUT2D eigenvalue weighted by Crippen LogP contribution is -2.36. The average molecular weight is 307 g/mol. The Morgan fingerprint density at radius 1 is 1.38 bits per heavy atom. The molecule has 0 saturated carbocycles. The van der Waals surface area contributed by atoms with Crippen molar-refractivity contribution in [3.63, 3.8) is 0 Å². The number of aromatic amines is 1. The monoisotopic (exact) mass is 306 g/mol. The van der Waals surface area contributed by atoms with Gasteiger partial charge >= 0.3 is 0 Å². The third-order valence-corrected chi connectivity index (χ3v) is 3.45. The fraction of sp³-hybridized carbons (Fsp3) is 0.286. The fourth-order valence-electron chi connectivity index (χ4n) is 2.14. The number of pyridine rings is 1. The molecule has 1 amide bonds. The molecule has 7 heteroatoms. The second kappa shape index (κ2) is 6.15. The van der Waals surface area contributed by atoms with Gasteiger partial charge in [0.05, 0.1) is 30.1 Å². The van der Waals surface area contributed by atoms with Crippen LogP contribution < -0.4 is 10.2 Å². The molecule has 0 atom stereocenters. The molecule has 2 aromatic heterocycles. The Morgan fingerprint density at radius 2 is 2.19 bits per heavy atom. The summed E-state index contributed by atoms with van der Waals surface area (Å²) in [5.74, 6) is 0.641. The van der Waals surface area contributed by atoms with E-state index in [1.54, 1.807) is 18.5 Å². The van der Waals surface area contributed by atoms with Crippen LogP contribution in [0.2, 0.25) is 5.02 Å². The number of amides is 1. The van der Waals surface area contributed by atoms with Gasteiger partial charge in [0.2, 0.25) is 0 Å². The number of rotatable bonds is 3. The normalized spacial score (nSPS) is 15.0. The largest absolute Gasteiger partial charge is 0.378 e. The molecule has 3 rings (SSSR count). The quantitative estimate of drug-likeness (QED) is 0.911. The maximum Gasteiger partial charge on any atom is 0.272 e. The van der Waals surface area contributed by atoms with Gasteiger partial charge in [0.15, 0.2) is 0 Å². The van der Waals surface area contributed by atoms with Gasteiger partial charge in [0.25, 0.3) is 5.91 Å². The van der Waals surface area contributed by atoms with Crippen LogP contribution >= 0.6 is 11.6 Å². The molecule has 0 aromatic carbocycles. The molecule has 3 heterocycles. The molecule has 110 valence electrons. The summed E-state index contributed by atoms with van der Waals surface area (Å²) in [6.07, 6.45) is 3.21. The van der Waals surface area contributed by atoms with Crippen molar-refractivity contribution in [2.24, 2.45) is 0 Å². The Kier molecular flexibility index (Phi) is 4.08. The molecular formula is C14H15ClN4O2. The van der Waals surface area contributed by atoms with E-state index in [-0.39, 0.29) is 5.91 Å². The SMILES string of the molecule is O=C(Nc1ccc(N2CCOCC2)nc1)c1cc(Cl)c[nH]1. The maximum absolute atomic E-state index is 12.0. The molecule has 0 aliphatic carbocycles. The molecule has 0 spiro atoms. The Bertz CT molecular complexity index is 620. The standard InChI is InChI=1S/C14H15ClN4O2/c15-10-7-12(16-8-10)14(20)18-11-1-2-13(17-9-11)19-3-5-21-6-4-19/h1-2,7-9,16H,3-6H2,(H,18,20). The molecule has 1 fully saturated rings. The van der Waals surface area contributed by atoms with E-state index in [1.807, 2.05) is 12.1 Å². The van der Waals surface area contributed by atoms with Crippen LogP contribution in [0, 0.1) is 0 Å². The zero-order chi connectivity index (χ0) is 14.7. The van der Waals surface area contributed by atoms with Gasteiger partial charge in [-0.3, -0.25) is 4.79 Å². The van der Waals surface area contributed by atoms with E-state index in [9.17, 15) is 4.79 Å². The highest BCUT2D eigenvalue weighted by atomic mass is 35.5. The number of hydrogen-bond acceptors (Lipinski definition) is 4. The average Bonchev–Trinajstić information content (AvgIpc) is 2.96. The Morgan fingerprint density at radius 3 is 2.81 bits per heavy atom. The first kappa shape index (κ1) is 13.9. The minimum atomic E-state index is -0.247. The summed E-state index contributed by atoms with van der Waals surface area (Å²) in [7, 11) is 0. The number of carbonyl (C=O) groups excluding carboxylic acids is 1. The number of anilines is 2. The fourth-order valence-corrected chi connectivity index (χ4v) is 2.30. The summed E-state index contributed by atoms with van der Waals surface area (Å²) in [6, 6.07) is 5.30. The van der Waals surface area contributed by atoms with E-state index in [4.69, 9.17) is 16.3 Å². The van der Waals surface area contributed by atoms with E-state index in [1.165, 1.54) is 0 Å². The number of nitrogens with zero attached hydrogens (tertiary/aromatic N) is 2. The van der Waals surface area contributed by atoms with Gasteiger partial charge in [-0.25, -0.2) is 4.98 Å². The van der Waals surface area contributed by atoms with Crippen molar-refractivity contribution in [3.05, 3.63) is 41.3 Å². The summed E-state index contributed by atoms with van der Waals surface area (Å²) >= 11 is 5.77. The molecule has 1 saturated heterocycles. The molecule has 0 unspecified atom stereocenters. The van der Waals surface area contributed by atoms with Crippen molar-refractivity contribution in [2.45, 2.75) is 0 Å². The van der Waals surface area contributed by atoms with Crippen LogP contribution in [0.5, 0.6) is 0 Å². The Hall–Kier alpha value is -2.05. The van der Waals surface area contributed by atoms with Gasteiger partial charge in [0, 0.05) is 19.3 Å². The second-order valence-corrected chi connectivity index (χ2v) is 5.13. The van der Waals surface area contributed by atoms with E-state index in [0.29, 0.717) is 29.6 Å². The molecule has 21 heavy (non-hydrogen) atoms. The molecule has 1 aliphatic heterocycles. The van der Waals surface area contributed by atoms with Crippen LogP contribution in [0.15, 0.2) is 30.6 Å². The van der Waals surface area contributed by atoms with E-state index < -0.39 is 0 Å². The zero-order valence-corrected chi connectivity index (χ0v) is 12.1. The molecule has 0 bridgehead atoms. The molecule has 1 aliphatic rings. The van der Waals surface area contributed by atoms with Crippen LogP contribution in [-0.2, 0) is 4.74 Å². The summed E-state index contributed by atoms with van der Waals surface area (Å²) in [5, 5.41) is 3.27. The van der Waals surface area contributed by atoms with Gasteiger partial charge in [-0.2, -0.15) is 0 Å². The van der Waals surface area contributed by atoms with Crippen LogP contribution in [0.4, 0.5) is 11.5 Å². The van der Waals surface area contributed by atoms with Crippen molar-refractivity contribution in [1.82, 2.24) is 9.97 Å². The van der Waals surface area contributed by atoms with Crippen LogP contribution in [0.3, 0.4) is 0 Å². The van der Waals surface area contributed by atoms with Crippen molar-refractivity contribution >= 4 is 29.0 Å². The van der Waals surface area contributed by atoms with E-state index in [2.05, 4.69) is 20.2 Å². The number of ether oxygens (including phenoxy) is 1. The number of hydrogen-bond donors (Lipinski definition) is 2. The van der Waals surface area contributed by atoms with Gasteiger partial charge in [0.1, 0.15) is 11.5 Å². The summed E-state index contributed by atoms with van der Waals surface area (Å²) in [4.78, 5) is 21.3. The number of halogens is 1. The highest BCUT2D eigenvalue weighted by Gasteiger charge is 2.13. The van der Waals surface area contributed by atoms with Crippen molar-refractivity contribution in [2.75, 3.05) is 36.5 Å². The molecule has 6 nitrogen and oxygen atoms in total. The number of H-pyrrole nitrogens is 1. The minimum Gasteiger partial charge on any atom is -0.378 e. The summed E-state index contributed by atoms with van der Waals surface area (Å²) in [6.45, 7) is 3.10. The van der Waals surface area contributed by atoms with Crippen LogP contribution in [-0.4, -0.2) is 42.2 Å². The molecular weight excluding hydrogens is 292 g/mol. The lowest BCUT2D eigenvalue weighted by Gasteiger charge is -2.27. The predicted octanol–water partition coefficient (Wildman–Crippen LogP) is 2.15. The number of carbonyl (C=O) groups is 1. The highest BCUT2D eigenvalue weighted by molar-refractivity contribution is 6.31. The molecule has 0 radical (unpaired) electrons. The first-order chi connectivity index (χ1) is 10.2. The van der Waals surface area contributed by atoms with Crippen LogP contribution in [0.1, 0.15) is 10.5 Å². The van der Waals surface area contributed by atoms with Crippen molar-refractivity contribution in [3.8, 4) is 0 Å². The van der Waals surface area contributed by atoms with Crippen LogP contribution in [0.25, 0.3) is 0 Å². The van der Waals surface area contributed by atoms with E-state index >= 15 is 0 Å². The minimum absolute atomic E-state index is 0.247. The Labute approximate surface area is 127 Å². The molecule has 2 N–H and O–H groups in total. The molecule has 2 aromatic rings. The predicted molar refractivity (Wildman–Crippen MR) is 81.0 cm³/mol. The third kappa shape index (κ3) is 3.34. The van der Waals surface area contributed by atoms with Gasteiger partial charge < -0.3 is 19.9 Å². The topological polar surface area (TPSA) is 70.2 Å². The first-order valence-corrected chi connectivity index (χ1v) is 7.04. The van der Waals surface area contributed by atoms with Gasteiger partial charge in [-0.05, 0) is 18.2 Å². The van der Waals surface area contributed by atoms with Crippen molar-refractivity contribution in [1.29, 1.82) is 0 Å². The third-order valence-electron chi connectivity index (χ3n) is 3.23. The number of morpholine rings is 1. The summed E-state index contributed by atoms with van der Waals surface area (Å²) in [5.41, 5.74) is 1.06. The van der Waals surface area contributed by atoms with Crippen molar-refractivity contribution < 1.29 is 9.53 Å². The maximum atomic E-state index is 12.0. The zero-order valence-electron chi connectivity index (χ0n) is 11.3.